The zero-order valence-electron chi connectivity index (χ0n) is 18.9. The lowest BCUT2D eigenvalue weighted by atomic mass is 10.1. The fourth-order valence-electron chi connectivity index (χ4n) is 3.24. The van der Waals surface area contributed by atoms with Crippen LogP contribution >= 0.6 is 11.6 Å². The van der Waals surface area contributed by atoms with Gasteiger partial charge in [0.25, 0.3) is 5.91 Å². The molecule has 0 aliphatic heterocycles. The second-order valence-corrected chi connectivity index (χ2v) is 9.85. The molecule has 0 bridgehead atoms. The zero-order chi connectivity index (χ0) is 24.6. The molecule has 0 saturated carbocycles. The molecule has 0 fully saturated rings. The molecule has 3 aromatic rings. The number of carbonyl (C=O) groups is 1. The van der Waals surface area contributed by atoms with E-state index in [0.717, 1.165) is 15.4 Å². The van der Waals surface area contributed by atoms with Gasteiger partial charge in [-0.3, -0.25) is 4.79 Å². The summed E-state index contributed by atoms with van der Waals surface area (Å²) in [5, 5.41) is 4.40. The van der Waals surface area contributed by atoms with Gasteiger partial charge >= 0.3 is 0 Å². The van der Waals surface area contributed by atoms with E-state index in [4.69, 9.17) is 16.3 Å². The molecule has 0 saturated heterocycles. The van der Waals surface area contributed by atoms with Crippen molar-refractivity contribution in [2.24, 2.45) is 5.10 Å². The summed E-state index contributed by atoms with van der Waals surface area (Å²) in [6.07, 6.45) is 1.46. The van der Waals surface area contributed by atoms with Crippen LogP contribution in [-0.4, -0.2) is 38.0 Å². The van der Waals surface area contributed by atoms with E-state index in [1.807, 2.05) is 50.2 Å². The first-order chi connectivity index (χ1) is 16.3. The molecule has 0 aliphatic rings. The van der Waals surface area contributed by atoms with Crippen LogP contribution in [0.3, 0.4) is 0 Å². The number of sulfonamides is 1. The SMILES string of the molecule is CCOc1ccccc1/C=N\NC(=O)CN(Cc1cccc(C)c1)S(=O)(=O)c1ccc(Cl)cc1. The van der Waals surface area contributed by atoms with Crippen LogP contribution in [0.5, 0.6) is 5.75 Å². The maximum absolute atomic E-state index is 13.3. The molecule has 7 nitrogen and oxygen atoms in total. The molecule has 0 atom stereocenters. The molecule has 1 N–H and O–H groups in total. The van der Waals surface area contributed by atoms with Crippen molar-refractivity contribution in [3.05, 3.63) is 94.5 Å². The van der Waals surface area contributed by atoms with Crippen molar-refractivity contribution in [1.82, 2.24) is 9.73 Å². The van der Waals surface area contributed by atoms with Crippen LogP contribution in [0, 0.1) is 6.92 Å². The molecule has 3 aromatic carbocycles. The van der Waals surface area contributed by atoms with Crippen molar-refractivity contribution < 1.29 is 17.9 Å². The number of halogens is 1. The van der Waals surface area contributed by atoms with E-state index in [1.54, 1.807) is 12.1 Å². The first-order valence-corrected chi connectivity index (χ1v) is 12.5. The molecule has 3 rings (SSSR count). The number of nitrogens with one attached hydrogen (secondary N) is 1. The van der Waals surface area contributed by atoms with Crippen molar-refractivity contribution in [1.29, 1.82) is 0 Å². The van der Waals surface area contributed by atoms with Crippen molar-refractivity contribution in [3.63, 3.8) is 0 Å². The number of nitrogens with zero attached hydrogens (tertiary/aromatic N) is 2. The summed E-state index contributed by atoms with van der Waals surface area (Å²) >= 11 is 5.91. The number of benzene rings is 3. The minimum absolute atomic E-state index is 0.0247. The van der Waals surface area contributed by atoms with Gasteiger partial charge < -0.3 is 4.74 Å². The molecule has 34 heavy (non-hydrogen) atoms. The Hall–Kier alpha value is -3.20. The summed E-state index contributed by atoms with van der Waals surface area (Å²) in [6.45, 7) is 3.90. The van der Waals surface area contributed by atoms with E-state index in [-0.39, 0.29) is 11.4 Å². The molecular formula is C25H26ClN3O4S. The largest absolute Gasteiger partial charge is 0.493 e. The molecule has 178 valence electrons. The van der Waals surface area contributed by atoms with Gasteiger partial charge in [-0.15, -0.1) is 0 Å². The molecule has 0 spiro atoms. The number of hydrogen-bond donors (Lipinski definition) is 1. The smallest absolute Gasteiger partial charge is 0.255 e. The Bertz CT molecular complexity index is 1260. The lowest BCUT2D eigenvalue weighted by Gasteiger charge is -2.21. The topological polar surface area (TPSA) is 88.1 Å². The Kier molecular flexibility index (Phi) is 8.81. The number of aryl methyl sites for hydroxylation is 1. The van der Waals surface area contributed by atoms with Gasteiger partial charge in [0.15, 0.2) is 0 Å². The standard InChI is InChI=1S/C25H26ClN3O4S/c1-3-33-24-10-5-4-9-21(24)16-27-28-25(30)18-29(17-20-8-6-7-19(2)15-20)34(31,32)23-13-11-22(26)12-14-23/h4-16H,3,17-18H2,1-2H3,(H,28,30)/b27-16-. The quantitative estimate of drug-likeness (QED) is 0.331. The van der Waals surface area contributed by atoms with Crippen molar-refractivity contribution in [2.45, 2.75) is 25.3 Å². The fourth-order valence-corrected chi connectivity index (χ4v) is 4.75. The van der Waals surface area contributed by atoms with Crippen molar-refractivity contribution in [3.8, 4) is 5.75 Å². The summed E-state index contributed by atoms with van der Waals surface area (Å²) in [6, 6.07) is 20.6. The average Bonchev–Trinajstić information content (AvgIpc) is 2.80. The molecule has 0 aromatic heterocycles. The van der Waals surface area contributed by atoms with Gasteiger partial charge in [-0.25, -0.2) is 13.8 Å². The molecular weight excluding hydrogens is 474 g/mol. The Balaban J connectivity index is 1.79. The van der Waals surface area contributed by atoms with E-state index in [0.29, 0.717) is 22.9 Å². The second-order valence-electron chi connectivity index (χ2n) is 7.48. The molecule has 9 heteroatoms. The number of para-hydroxylation sites is 1. The van der Waals surface area contributed by atoms with Gasteiger partial charge in [-0.2, -0.15) is 9.41 Å². The normalized spacial score (nSPS) is 11.6. The van der Waals surface area contributed by atoms with Crippen LogP contribution in [0.2, 0.25) is 5.02 Å². The Labute approximate surface area is 205 Å². The molecule has 0 heterocycles. The van der Waals surface area contributed by atoms with E-state index in [2.05, 4.69) is 10.5 Å². The monoisotopic (exact) mass is 499 g/mol. The highest BCUT2D eigenvalue weighted by atomic mass is 35.5. The Morgan fingerprint density at radius 1 is 1.09 bits per heavy atom. The number of hydrazone groups is 1. The van der Waals surface area contributed by atoms with Crippen molar-refractivity contribution >= 4 is 33.7 Å². The Morgan fingerprint density at radius 2 is 1.82 bits per heavy atom. The van der Waals surface area contributed by atoms with Gasteiger partial charge in [0.05, 0.1) is 24.3 Å². The third kappa shape index (κ3) is 6.90. The van der Waals surface area contributed by atoms with E-state index < -0.39 is 22.5 Å². The average molecular weight is 500 g/mol. The highest BCUT2D eigenvalue weighted by Crippen LogP contribution is 2.21. The van der Waals surface area contributed by atoms with Crippen LogP contribution in [-0.2, 0) is 21.4 Å². The minimum atomic E-state index is -3.97. The lowest BCUT2D eigenvalue weighted by Crippen LogP contribution is -2.39. The highest BCUT2D eigenvalue weighted by Gasteiger charge is 2.27. The third-order valence-corrected chi connectivity index (χ3v) is 6.88. The predicted molar refractivity (Wildman–Crippen MR) is 134 cm³/mol. The molecule has 1 amide bonds. The number of ether oxygens (including phenoxy) is 1. The van der Waals surface area contributed by atoms with Gasteiger partial charge in [0, 0.05) is 17.1 Å². The zero-order valence-corrected chi connectivity index (χ0v) is 20.5. The maximum atomic E-state index is 13.3. The maximum Gasteiger partial charge on any atom is 0.255 e. The lowest BCUT2D eigenvalue weighted by molar-refractivity contribution is -0.121. The van der Waals surface area contributed by atoms with E-state index >= 15 is 0 Å². The number of carbonyl (C=O) groups excluding carboxylic acids is 1. The highest BCUT2D eigenvalue weighted by molar-refractivity contribution is 7.89. The molecule has 0 unspecified atom stereocenters. The number of hydrogen-bond acceptors (Lipinski definition) is 5. The first-order valence-electron chi connectivity index (χ1n) is 10.6. The summed E-state index contributed by atoms with van der Waals surface area (Å²) in [4.78, 5) is 12.7. The van der Waals surface area contributed by atoms with Crippen LogP contribution in [0.15, 0.2) is 82.8 Å². The minimum Gasteiger partial charge on any atom is -0.493 e. The number of rotatable bonds is 10. The van der Waals surface area contributed by atoms with Crippen LogP contribution in [0.25, 0.3) is 0 Å². The second kappa shape index (κ2) is 11.8. The van der Waals surface area contributed by atoms with Crippen LogP contribution < -0.4 is 10.2 Å². The van der Waals surface area contributed by atoms with Crippen LogP contribution in [0.4, 0.5) is 0 Å². The van der Waals surface area contributed by atoms with Gasteiger partial charge in [0.2, 0.25) is 10.0 Å². The summed E-state index contributed by atoms with van der Waals surface area (Å²) in [7, 11) is -3.97. The van der Waals surface area contributed by atoms with Crippen molar-refractivity contribution in [2.75, 3.05) is 13.2 Å². The summed E-state index contributed by atoms with van der Waals surface area (Å²) < 4.78 is 33.3. The Morgan fingerprint density at radius 3 is 2.53 bits per heavy atom. The fraction of sp³-hybridized carbons (Fsp3) is 0.200. The van der Waals surface area contributed by atoms with Gasteiger partial charge in [-0.05, 0) is 55.8 Å². The third-order valence-electron chi connectivity index (χ3n) is 4.82. The first kappa shape index (κ1) is 25.4. The van der Waals surface area contributed by atoms with Gasteiger partial charge in [-0.1, -0.05) is 53.6 Å². The van der Waals surface area contributed by atoms with E-state index in [9.17, 15) is 13.2 Å². The summed E-state index contributed by atoms with van der Waals surface area (Å²) in [5.74, 6) is 0.0599. The number of amides is 1. The summed E-state index contributed by atoms with van der Waals surface area (Å²) in [5.41, 5.74) is 4.85. The molecule has 0 radical (unpaired) electrons. The van der Waals surface area contributed by atoms with E-state index in [1.165, 1.54) is 30.5 Å². The predicted octanol–water partition coefficient (Wildman–Crippen LogP) is 4.39. The van der Waals surface area contributed by atoms with Gasteiger partial charge in [0.1, 0.15) is 5.75 Å². The van der Waals surface area contributed by atoms with Crippen LogP contribution in [0.1, 0.15) is 23.6 Å². The molecule has 0 aliphatic carbocycles.